The molecule has 0 aliphatic heterocycles. The summed E-state index contributed by atoms with van der Waals surface area (Å²) in [5.74, 6) is 0.853. The molecule has 0 spiro atoms. The highest BCUT2D eigenvalue weighted by atomic mass is 15.1. The fraction of sp³-hybridized carbons (Fsp3) is 0.800. The maximum Gasteiger partial charge on any atom is 0.0954 e. The third-order valence-electron chi connectivity index (χ3n) is 5.04. The Morgan fingerprint density at radius 3 is 2.83 bits per heavy atom. The molecule has 2 unspecified atom stereocenters. The molecule has 98 valence electrons. The number of nitrogens with zero attached hydrogens (tertiary/aromatic N) is 2. The van der Waals surface area contributed by atoms with Crippen LogP contribution in [0.2, 0.25) is 0 Å². The highest BCUT2D eigenvalue weighted by molar-refractivity contribution is 5.18. The smallest absolute Gasteiger partial charge is 0.0954 e. The summed E-state index contributed by atoms with van der Waals surface area (Å²) in [6.45, 7) is 1.22. The fourth-order valence-corrected chi connectivity index (χ4v) is 3.54. The molecule has 3 heteroatoms. The number of rotatable bonds is 4. The molecule has 1 heterocycles. The average molecular weight is 245 g/mol. The molecule has 1 aromatic heterocycles. The van der Waals surface area contributed by atoms with Gasteiger partial charge < -0.3 is 9.88 Å². The summed E-state index contributed by atoms with van der Waals surface area (Å²) >= 11 is 0. The van der Waals surface area contributed by atoms with Crippen molar-refractivity contribution in [3.63, 3.8) is 0 Å². The molecule has 0 radical (unpaired) electrons. The van der Waals surface area contributed by atoms with Crippen LogP contribution in [-0.4, -0.2) is 22.1 Å². The van der Waals surface area contributed by atoms with Gasteiger partial charge in [0, 0.05) is 24.3 Å². The van der Waals surface area contributed by atoms with Crippen molar-refractivity contribution in [2.45, 2.75) is 63.5 Å². The van der Waals surface area contributed by atoms with Crippen molar-refractivity contribution in [3.8, 4) is 0 Å². The average Bonchev–Trinajstić information content (AvgIpc) is 3.10. The maximum atomic E-state index is 4.64. The van der Waals surface area contributed by atoms with E-state index >= 15 is 0 Å². The number of nitrogens with one attached hydrogen (secondary N) is 1. The van der Waals surface area contributed by atoms with Gasteiger partial charge in [0.25, 0.3) is 0 Å². The van der Waals surface area contributed by atoms with E-state index in [9.17, 15) is 0 Å². The van der Waals surface area contributed by atoms with Gasteiger partial charge in [-0.15, -0.1) is 0 Å². The fourth-order valence-electron chi connectivity index (χ4n) is 3.54. The minimum Gasteiger partial charge on any atom is -0.331 e. The molecule has 1 N–H and O–H groups in total. The molecule has 3 aliphatic rings. The number of hydrogen-bond acceptors (Lipinski definition) is 2. The summed E-state index contributed by atoms with van der Waals surface area (Å²) in [5.41, 5.74) is 2.95. The summed E-state index contributed by atoms with van der Waals surface area (Å²) in [4.78, 5) is 4.64. The Morgan fingerprint density at radius 2 is 2.06 bits per heavy atom. The molecule has 0 aromatic carbocycles. The second-order valence-corrected chi connectivity index (χ2v) is 6.34. The zero-order valence-electron chi connectivity index (χ0n) is 11.1. The first-order valence-electron chi connectivity index (χ1n) is 7.70. The van der Waals surface area contributed by atoms with Crippen molar-refractivity contribution < 1.29 is 0 Å². The molecule has 0 amide bonds. The van der Waals surface area contributed by atoms with Gasteiger partial charge in [-0.3, -0.25) is 0 Å². The van der Waals surface area contributed by atoms with Crippen LogP contribution in [-0.2, 0) is 12.8 Å². The molecule has 0 saturated heterocycles. The molecule has 2 fully saturated rings. The topological polar surface area (TPSA) is 29.9 Å². The van der Waals surface area contributed by atoms with Gasteiger partial charge in [0.1, 0.15) is 0 Å². The van der Waals surface area contributed by atoms with Crippen molar-refractivity contribution in [1.82, 2.24) is 14.9 Å². The minimum atomic E-state index is 0.741. The van der Waals surface area contributed by atoms with Gasteiger partial charge in [0.2, 0.25) is 0 Å². The second kappa shape index (κ2) is 4.37. The lowest BCUT2D eigenvalue weighted by Gasteiger charge is -2.39. The van der Waals surface area contributed by atoms with E-state index in [1.54, 1.807) is 5.69 Å². The van der Waals surface area contributed by atoms with E-state index in [0.29, 0.717) is 0 Å². The van der Waals surface area contributed by atoms with Crippen LogP contribution < -0.4 is 5.32 Å². The normalized spacial score (nSPS) is 30.9. The van der Waals surface area contributed by atoms with Crippen molar-refractivity contribution in [3.05, 3.63) is 17.7 Å². The summed E-state index contributed by atoms with van der Waals surface area (Å²) in [7, 11) is 0. The van der Waals surface area contributed by atoms with Crippen molar-refractivity contribution >= 4 is 0 Å². The predicted octanol–water partition coefficient (Wildman–Crippen LogP) is 2.47. The van der Waals surface area contributed by atoms with Crippen LogP contribution in [0.4, 0.5) is 0 Å². The Balaban J connectivity index is 1.46. The molecule has 2 saturated carbocycles. The van der Waals surface area contributed by atoms with Gasteiger partial charge in [0.05, 0.1) is 12.0 Å². The van der Waals surface area contributed by atoms with Crippen LogP contribution in [0.5, 0.6) is 0 Å². The minimum absolute atomic E-state index is 0.741. The zero-order valence-corrected chi connectivity index (χ0v) is 11.1. The Hall–Kier alpha value is -0.830. The Morgan fingerprint density at radius 1 is 1.17 bits per heavy atom. The third kappa shape index (κ3) is 1.89. The molecule has 0 bridgehead atoms. The lowest BCUT2D eigenvalue weighted by Crippen LogP contribution is -2.38. The van der Waals surface area contributed by atoms with Gasteiger partial charge in [0.15, 0.2) is 0 Å². The highest BCUT2D eigenvalue weighted by Crippen LogP contribution is 2.40. The Labute approximate surface area is 109 Å². The predicted molar refractivity (Wildman–Crippen MR) is 71.7 cm³/mol. The van der Waals surface area contributed by atoms with E-state index in [4.69, 9.17) is 0 Å². The van der Waals surface area contributed by atoms with Crippen molar-refractivity contribution in [2.75, 3.05) is 6.54 Å². The van der Waals surface area contributed by atoms with Crippen LogP contribution in [0.3, 0.4) is 0 Å². The standard InChI is InChI=1S/C15H23N3/c1-2-4-15-13(3-1)17-10-18(15)14-8-5-11(14)9-16-12-6-7-12/h10-12,14,16H,1-9H2. The van der Waals surface area contributed by atoms with Crippen molar-refractivity contribution in [1.29, 1.82) is 0 Å². The molecule has 18 heavy (non-hydrogen) atoms. The molecular formula is C15H23N3. The second-order valence-electron chi connectivity index (χ2n) is 6.34. The van der Waals surface area contributed by atoms with Crippen molar-refractivity contribution in [2.24, 2.45) is 5.92 Å². The van der Waals surface area contributed by atoms with Gasteiger partial charge in [-0.05, 0) is 57.3 Å². The molecule has 4 rings (SSSR count). The number of fused-ring (bicyclic) bond motifs is 1. The van der Waals surface area contributed by atoms with E-state index in [-0.39, 0.29) is 0 Å². The largest absolute Gasteiger partial charge is 0.331 e. The number of hydrogen-bond donors (Lipinski definition) is 1. The van der Waals surface area contributed by atoms with Crippen LogP contribution >= 0.6 is 0 Å². The first-order chi connectivity index (χ1) is 8.92. The number of aryl methyl sites for hydroxylation is 1. The monoisotopic (exact) mass is 245 g/mol. The maximum absolute atomic E-state index is 4.64. The number of imidazole rings is 1. The molecule has 3 nitrogen and oxygen atoms in total. The third-order valence-corrected chi connectivity index (χ3v) is 5.04. The van der Waals surface area contributed by atoms with Gasteiger partial charge in [-0.1, -0.05) is 0 Å². The lowest BCUT2D eigenvalue weighted by molar-refractivity contribution is 0.172. The van der Waals surface area contributed by atoms with Crippen LogP contribution in [0.1, 0.15) is 56.0 Å². The summed E-state index contributed by atoms with van der Waals surface area (Å²) in [6, 6.07) is 1.59. The highest BCUT2D eigenvalue weighted by Gasteiger charge is 2.35. The van der Waals surface area contributed by atoms with Gasteiger partial charge >= 0.3 is 0 Å². The first kappa shape index (κ1) is 11.0. The molecule has 3 aliphatic carbocycles. The van der Waals surface area contributed by atoms with Crippen LogP contribution in [0.15, 0.2) is 6.33 Å². The van der Waals surface area contributed by atoms with E-state index < -0.39 is 0 Å². The van der Waals surface area contributed by atoms with Crippen LogP contribution in [0.25, 0.3) is 0 Å². The quantitative estimate of drug-likeness (QED) is 0.883. The number of aromatic nitrogens is 2. The van der Waals surface area contributed by atoms with E-state index in [1.165, 1.54) is 63.6 Å². The van der Waals surface area contributed by atoms with E-state index in [2.05, 4.69) is 21.2 Å². The van der Waals surface area contributed by atoms with E-state index in [0.717, 1.165) is 18.0 Å². The zero-order chi connectivity index (χ0) is 11.9. The van der Waals surface area contributed by atoms with E-state index in [1.807, 2.05) is 0 Å². The Kier molecular flexibility index (Phi) is 2.68. The van der Waals surface area contributed by atoms with Gasteiger partial charge in [-0.25, -0.2) is 4.98 Å². The molecular weight excluding hydrogens is 222 g/mol. The van der Waals surface area contributed by atoms with Gasteiger partial charge in [-0.2, -0.15) is 0 Å². The first-order valence-corrected chi connectivity index (χ1v) is 7.70. The SMILES string of the molecule is c1nc2c(n1C1CCC1CNC1CC1)CCCC2. The summed E-state index contributed by atoms with van der Waals surface area (Å²) in [5, 5.41) is 3.70. The van der Waals surface area contributed by atoms with Crippen LogP contribution in [0, 0.1) is 5.92 Å². The molecule has 1 aromatic rings. The summed E-state index contributed by atoms with van der Waals surface area (Å²) < 4.78 is 2.53. The summed E-state index contributed by atoms with van der Waals surface area (Å²) in [6.07, 6.45) is 12.9. The Bertz CT molecular complexity index is 433. The molecule has 2 atom stereocenters. The lowest BCUT2D eigenvalue weighted by atomic mass is 9.79.